The van der Waals surface area contributed by atoms with Crippen LogP contribution in [0.1, 0.15) is 19.3 Å². The van der Waals surface area contributed by atoms with Crippen LogP contribution < -0.4 is 15.4 Å². The van der Waals surface area contributed by atoms with Gasteiger partial charge in [0, 0.05) is 34.6 Å². The molecule has 0 aliphatic carbocycles. The Labute approximate surface area is 217 Å². The maximum absolute atomic E-state index is 13.6. The number of aliphatic hydroxyl groups excluding tert-OH is 2. The number of carbonyl (C=O) groups excluding carboxylic acids is 1. The molecule has 36 heavy (non-hydrogen) atoms. The number of aliphatic hydroxyl groups is 2. The van der Waals surface area contributed by atoms with Crippen molar-refractivity contribution in [1.82, 2.24) is 9.97 Å². The van der Waals surface area contributed by atoms with Crippen molar-refractivity contribution in [2.24, 2.45) is 0 Å². The van der Waals surface area contributed by atoms with E-state index in [1.165, 1.54) is 35.3 Å². The number of anilines is 3. The van der Waals surface area contributed by atoms with Gasteiger partial charge in [-0.05, 0) is 37.1 Å². The summed E-state index contributed by atoms with van der Waals surface area (Å²) in [5.41, 5.74) is 1.32. The Balaban J connectivity index is 1.60. The summed E-state index contributed by atoms with van der Waals surface area (Å²) >= 11 is 5.89. The average Bonchev–Trinajstić information content (AvgIpc) is 3.29. The summed E-state index contributed by atoms with van der Waals surface area (Å²) in [5.74, 6) is 0.492. The van der Waals surface area contributed by atoms with Gasteiger partial charge in [-0.15, -0.1) is 0 Å². The fraction of sp³-hybridized carbons (Fsp3) is 0.348. The van der Waals surface area contributed by atoms with E-state index in [1.807, 2.05) is 0 Å². The third-order valence-corrected chi connectivity index (χ3v) is 9.16. The van der Waals surface area contributed by atoms with Gasteiger partial charge in [0.15, 0.2) is 0 Å². The number of ether oxygens (including phenoxy) is 1. The molecule has 3 aromatic rings. The number of nitrogens with zero attached hydrogens (tertiary/aromatic N) is 2. The number of carbonyl (C=O) groups is 1. The number of amides is 1. The number of fused-ring (bicyclic) bond motifs is 1. The minimum Gasteiger partial charge on any atom is -0.489 e. The standard InChI is InChI=1S/C23H24ClFN4O5S2/c24-17-7-13(1-3-18(17)25)28-23-16-8-20(29-22(32)4-2-15-5-6-36(33)35-15)21(34-11-14(31)10-30)9-19(16)26-12-27-23/h1,3,7-9,12,14-15,30-31H,2,4-6,10-11H2,(H,29,32)(H,26,27,28). The molecule has 4 rings (SSSR count). The van der Waals surface area contributed by atoms with Crippen LogP contribution in [0.5, 0.6) is 5.75 Å². The van der Waals surface area contributed by atoms with Crippen LogP contribution in [0, 0.1) is 5.82 Å². The van der Waals surface area contributed by atoms with Gasteiger partial charge in [-0.2, -0.15) is 0 Å². The number of nitrogens with one attached hydrogen (secondary N) is 2. The van der Waals surface area contributed by atoms with E-state index in [1.54, 1.807) is 12.1 Å². The summed E-state index contributed by atoms with van der Waals surface area (Å²) in [6.45, 7) is -0.675. The molecule has 2 aromatic carbocycles. The molecule has 1 aliphatic heterocycles. The maximum Gasteiger partial charge on any atom is 0.224 e. The topological polar surface area (TPSA) is 134 Å². The molecule has 0 bridgehead atoms. The molecule has 2 heterocycles. The van der Waals surface area contributed by atoms with Crippen molar-refractivity contribution in [3.8, 4) is 5.75 Å². The molecule has 192 valence electrons. The Morgan fingerprint density at radius 1 is 1.33 bits per heavy atom. The average molecular weight is 555 g/mol. The molecule has 1 aliphatic rings. The van der Waals surface area contributed by atoms with E-state index in [9.17, 15) is 18.5 Å². The van der Waals surface area contributed by atoms with E-state index < -0.39 is 28.4 Å². The monoisotopic (exact) mass is 554 g/mol. The van der Waals surface area contributed by atoms with Gasteiger partial charge in [-0.3, -0.25) is 4.79 Å². The zero-order valence-electron chi connectivity index (χ0n) is 18.9. The number of hydrogen-bond acceptors (Lipinski definition) is 9. The smallest absolute Gasteiger partial charge is 0.224 e. The third-order valence-electron chi connectivity index (χ3n) is 5.38. The fourth-order valence-electron chi connectivity index (χ4n) is 3.52. The maximum atomic E-state index is 13.6. The number of rotatable bonds is 10. The van der Waals surface area contributed by atoms with Crippen molar-refractivity contribution in [2.75, 3.05) is 29.6 Å². The zero-order valence-corrected chi connectivity index (χ0v) is 21.3. The van der Waals surface area contributed by atoms with Gasteiger partial charge in [-0.25, -0.2) is 18.6 Å². The van der Waals surface area contributed by atoms with E-state index in [4.69, 9.17) is 21.4 Å². The largest absolute Gasteiger partial charge is 0.489 e. The lowest BCUT2D eigenvalue weighted by atomic mass is 10.1. The van der Waals surface area contributed by atoms with Gasteiger partial charge in [0.2, 0.25) is 5.91 Å². The third kappa shape index (κ3) is 6.83. The highest BCUT2D eigenvalue weighted by molar-refractivity contribution is 8.69. The molecule has 1 fully saturated rings. The van der Waals surface area contributed by atoms with Gasteiger partial charge in [0.1, 0.15) is 36.4 Å². The number of hydrogen-bond donors (Lipinski definition) is 4. The first-order valence-corrected chi connectivity index (χ1v) is 14.2. The highest BCUT2D eigenvalue weighted by Crippen LogP contribution is 2.35. The molecular formula is C23H24ClFN4O5S2. The first kappa shape index (κ1) is 26.6. The van der Waals surface area contributed by atoms with Crippen LogP contribution in [0.15, 0.2) is 36.7 Å². The van der Waals surface area contributed by atoms with Crippen molar-refractivity contribution in [2.45, 2.75) is 30.6 Å². The number of benzene rings is 2. The minimum absolute atomic E-state index is 0.0475. The Morgan fingerprint density at radius 2 is 2.17 bits per heavy atom. The molecule has 4 N–H and O–H groups in total. The Morgan fingerprint density at radius 3 is 2.89 bits per heavy atom. The second-order valence-electron chi connectivity index (χ2n) is 8.09. The van der Waals surface area contributed by atoms with Gasteiger partial charge in [0.05, 0.1) is 32.7 Å². The van der Waals surface area contributed by atoms with Crippen LogP contribution in [0.4, 0.5) is 21.6 Å². The molecule has 1 aromatic heterocycles. The molecule has 0 spiro atoms. The van der Waals surface area contributed by atoms with Gasteiger partial charge in [-0.1, -0.05) is 22.4 Å². The number of aromatic nitrogens is 2. The predicted molar refractivity (Wildman–Crippen MR) is 140 cm³/mol. The summed E-state index contributed by atoms with van der Waals surface area (Å²) in [6, 6.07) is 7.40. The lowest BCUT2D eigenvalue weighted by Gasteiger charge is -2.17. The van der Waals surface area contributed by atoms with Crippen LogP contribution in [0.2, 0.25) is 5.02 Å². The van der Waals surface area contributed by atoms with Crippen molar-refractivity contribution in [1.29, 1.82) is 0 Å². The predicted octanol–water partition coefficient (Wildman–Crippen LogP) is 3.79. The molecule has 13 heteroatoms. The van der Waals surface area contributed by atoms with E-state index in [2.05, 4.69) is 20.6 Å². The summed E-state index contributed by atoms with van der Waals surface area (Å²) < 4.78 is 30.8. The summed E-state index contributed by atoms with van der Waals surface area (Å²) in [6.07, 6.45) is 1.87. The van der Waals surface area contributed by atoms with Gasteiger partial charge >= 0.3 is 0 Å². The Bertz CT molecular complexity index is 1280. The minimum atomic E-state index is -1.10. The lowest BCUT2D eigenvalue weighted by molar-refractivity contribution is -0.116. The van der Waals surface area contributed by atoms with Crippen LogP contribution in [-0.4, -0.2) is 60.6 Å². The normalized spacial score (nSPS) is 18.2. The van der Waals surface area contributed by atoms with Crippen LogP contribution >= 0.6 is 22.4 Å². The van der Waals surface area contributed by atoms with E-state index in [0.717, 1.165) is 6.42 Å². The van der Waals surface area contributed by atoms with Crippen molar-refractivity contribution >= 4 is 66.2 Å². The van der Waals surface area contributed by atoms with Crippen molar-refractivity contribution in [3.05, 3.63) is 47.5 Å². The van der Waals surface area contributed by atoms with Gasteiger partial charge < -0.3 is 25.6 Å². The van der Waals surface area contributed by atoms with Crippen LogP contribution in [0.25, 0.3) is 10.9 Å². The molecule has 1 saturated heterocycles. The SMILES string of the molecule is O=C(CCC1CCS(=O)S1)Nc1cc2c(Nc3ccc(F)c(Cl)c3)ncnc2cc1OCC(O)CO. The second kappa shape index (κ2) is 12.2. The molecule has 0 radical (unpaired) electrons. The molecule has 9 nitrogen and oxygen atoms in total. The molecule has 0 saturated carbocycles. The number of halogens is 2. The van der Waals surface area contributed by atoms with E-state index in [0.29, 0.717) is 40.3 Å². The highest BCUT2D eigenvalue weighted by atomic mass is 35.5. The highest BCUT2D eigenvalue weighted by Gasteiger charge is 2.23. The van der Waals surface area contributed by atoms with E-state index in [-0.39, 0.29) is 35.0 Å². The first-order chi connectivity index (χ1) is 17.3. The Hall–Kier alpha value is -2.51. The quantitative estimate of drug-likeness (QED) is 0.276. The van der Waals surface area contributed by atoms with Crippen LogP contribution in [0.3, 0.4) is 0 Å². The summed E-state index contributed by atoms with van der Waals surface area (Å²) in [5, 5.41) is 25.4. The van der Waals surface area contributed by atoms with E-state index >= 15 is 0 Å². The molecule has 1 amide bonds. The van der Waals surface area contributed by atoms with Crippen LogP contribution in [-0.2, 0) is 14.6 Å². The van der Waals surface area contributed by atoms with Crippen molar-refractivity contribution in [3.63, 3.8) is 0 Å². The van der Waals surface area contributed by atoms with Crippen molar-refractivity contribution < 1.29 is 28.3 Å². The van der Waals surface area contributed by atoms with Gasteiger partial charge in [0.25, 0.3) is 0 Å². The first-order valence-electron chi connectivity index (χ1n) is 11.1. The molecule has 3 unspecified atom stereocenters. The molecule has 3 atom stereocenters. The summed E-state index contributed by atoms with van der Waals surface area (Å²) in [4.78, 5) is 21.3. The summed E-state index contributed by atoms with van der Waals surface area (Å²) in [7, 11) is 0.511. The second-order valence-corrected chi connectivity index (χ2v) is 12.1. The lowest BCUT2D eigenvalue weighted by Crippen LogP contribution is -2.22. The molecular weight excluding hydrogens is 531 g/mol. The fourth-order valence-corrected chi connectivity index (χ4v) is 7.22. The Kier molecular flexibility index (Phi) is 8.96. The zero-order chi connectivity index (χ0) is 25.7.